The van der Waals surface area contributed by atoms with Gasteiger partial charge in [0.05, 0.1) is 29.8 Å². The Morgan fingerprint density at radius 2 is 2.18 bits per heavy atom. The van der Waals surface area contributed by atoms with Crippen LogP contribution < -0.4 is 15.8 Å². The molecule has 0 aliphatic carbocycles. The van der Waals surface area contributed by atoms with Crippen LogP contribution in [0.4, 0.5) is 0 Å². The van der Waals surface area contributed by atoms with Crippen molar-refractivity contribution in [1.29, 1.82) is 0 Å². The van der Waals surface area contributed by atoms with Gasteiger partial charge in [0.2, 0.25) is 5.91 Å². The van der Waals surface area contributed by atoms with Gasteiger partial charge < -0.3 is 20.7 Å². The molecule has 7 nitrogen and oxygen atoms in total. The lowest BCUT2D eigenvalue weighted by Gasteiger charge is -2.31. The average Bonchev–Trinajstić information content (AvgIpc) is 2.70. The lowest BCUT2D eigenvalue weighted by molar-refractivity contribution is -0.123. The van der Waals surface area contributed by atoms with Crippen LogP contribution in [0.25, 0.3) is 10.9 Å². The van der Waals surface area contributed by atoms with Crippen molar-refractivity contribution < 1.29 is 14.3 Å². The molecule has 1 aliphatic rings. The summed E-state index contributed by atoms with van der Waals surface area (Å²) < 4.78 is 5.23. The molecule has 2 aromatic rings. The van der Waals surface area contributed by atoms with Gasteiger partial charge in [0.1, 0.15) is 5.75 Å². The number of primary amides is 1. The molecule has 0 bridgehead atoms. The Hall–Kier alpha value is -2.67. The lowest BCUT2D eigenvalue weighted by atomic mass is 9.97. The van der Waals surface area contributed by atoms with Crippen molar-refractivity contribution in [3.05, 3.63) is 35.5 Å². The standard InChI is InChI=1S/C21H28N4O3/c1-14-18(11-15-6-7-17(28-2)12-19(15)24-14)21(27)23-8-4-10-25-9-3-5-16(13-25)20(22)26/h6-7,11-12,16H,3-5,8-10,13H2,1-2H3,(H2,22,26)(H,23,27). The van der Waals surface area contributed by atoms with Crippen LogP contribution in [0.5, 0.6) is 5.75 Å². The number of amides is 2. The van der Waals surface area contributed by atoms with Crippen molar-refractivity contribution in [2.45, 2.75) is 26.2 Å². The number of nitrogens with one attached hydrogen (secondary N) is 1. The number of pyridine rings is 1. The van der Waals surface area contributed by atoms with Crippen molar-refractivity contribution >= 4 is 22.7 Å². The van der Waals surface area contributed by atoms with Gasteiger partial charge in [-0.25, -0.2) is 0 Å². The molecule has 0 spiro atoms. The van der Waals surface area contributed by atoms with E-state index in [0.717, 1.165) is 55.5 Å². The smallest absolute Gasteiger partial charge is 0.253 e. The minimum absolute atomic E-state index is 0.0479. The zero-order chi connectivity index (χ0) is 20.1. The molecule has 1 saturated heterocycles. The number of hydrogen-bond donors (Lipinski definition) is 2. The number of piperidine rings is 1. The van der Waals surface area contributed by atoms with E-state index >= 15 is 0 Å². The first-order chi connectivity index (χ1) is 13.5. The van der Waals surface area contributed by atoms with E-state index in [1.54, 1.807) is 7.11 Å². The number of aryl methyl sites for hydroxylation is 1. The maximum Gasteiger partial charge on any atom is 0.253 e. The van der Waals surface area contributed by atoms with Gasteiger partial charge in [0.25, 0.3) is 5.91 Å². The lowest BCUT2D eigenvalue weighted by Crippen LogP contribution is -2.42. The van der Waals surface area contributed by atoms with Crippen LogP contribution in [0.15, 0.2) is 24.3 Å². The van der Waals surface area contributed by atoms with E-state index in [1.165, 1.54) is 0 Å². The number of carbonyl (C=O) groups excluding carboxylic acids is 2. The highest BCUT2D eigenvalue weighted by atomic mass is 16.5. The van der Waals surface area contributed by atoms with E-state index in [-0.39, 0.29) is 17.7 Å². The fourth-order valence-corrected chi connectivity index (χ4v) is 3.69. The Morgan fingerprint density at radius 1 is 1.36 bits per heavy atom. The molecular formula is C21H28N4O3. The summed E-state index contributed by atoms with van der Waals surface area (Å²) in [6.07, 6.45) is 2.70. The number of nitrogens with zero attached hydrogens (tertiary/aromatic N) is 2. The van der Waals surface area contributed by atoms with Crippen molar-refractivity contribution in [2.75, 3.05) is 33.3 Å². The van der Waals surface area contributed by atoms with E-state index < -0.39 is 0 Å². The Balaban J connectivity index is 1.53. The summed E-state index contributed by atoms with van der Waals surface area (Å²) in [6, 6.07) is 7.50. The van der Waals surface area contributed by atoms with Gasteiger partial charge in [0.15, 0.2) is 0 Å². The second-order valence-corrected chi connectivity index (χ2v) is 7.33. The van der Waals surface area contributed by atoms with Crippen LogP contribution in [-0.2, 0) is 4.79 Å². The predicted molar refractivity (Wildman–Crippen MR) is 108 cm³/mol. The van der Waals surface area contributed by atoms with Gasteiger partial charge in [-0.2, -0.15) is 0 Å². The monoisotopic (exact) mass is 384 g/mol. The Labute approximate surface area is 165 Å². The topological polar surface area (TPSA) is 97.5 Å². The molecule has 1 atom stereocenters. The summed E-state index contributed by atoms with van der Waals surface area (Å²) in [5.41, 5.74) is 7.51. The van der Waals surface area contributed by atoms with Gasteiger partial charge in [0, 0.05) is 24.5 Å². The highest BCUT2D eigenvalue weighted by Crippen LogP contribution is 2.21. The zero-order valence-electron chi connectivity index (χ0n) is 16.5. The molecule has 1 aromatic carbocycles. The summed E-state index contributed by atoms with van der Waals surface area (Å²) in [5, 5.41) is 3.88. The number of fused-ring (bicyclic) bond motifs is 1. The molecule has 0 radical (unpaired) electrons. The van der Waals surface area contributed by atoms with E-state index in [9.17, 15) is 9.59 Å². The minimum atomic E-state index is -0.213. The Bertz CT molecular complexity index is 868. The van der Waals surface area contributed by atoms with Crippen molar-refractivity contribution in [2.24, 2.45) is 11.7 Å². The molecule has 1 aliphatic heterocycles. The normalized spacial score (nSPS) is 17.4. The molecule has 1 fully saturated rings. The zero-order valence-corrected chi connectivity index (χ0v) is 16.5. The van der Waals surface area contributed by atoms with Crippen molar-refractivity contribution in [3.8, 4) is 5.75 Å². The van der Waals surface area contributed by atoms with Crippen molar-refractivity contribution in [3.63, 3.8) is 0 Å². The summed E-state index contributed by atoms with van der Waals surface area (Å²) >= 11 is 0. The number of benzene rings is 1. The number of methoxy groups -OCH3 is 1. The Morgan fingerprint density at radius 3 is 2.93 bits per heavy atom. The molecule has 2 amide bonds. The first-order valence-electron chi connectivity index (χ1n) is 9.73. The molecule has 3 N–H and O–H groups in total. The third-order valence-corrected chi connectivity index (χ3v) is 5.30. The molecule has 0 saturated carbocycles. The van der Waals surface area contributed by atoms with E-state index in [0.29, 0.717) is 17.8 Å². The van der Waals surface area contributed by atoms with Gasteiger partial charge in [-0.15, -0.1) is 0 Å². The highest BCUT2D eigenvalue weighted by Gasteiger charge is 2.23. The highest BCUT2D eigenvalue weighted by molar-refractivity contribution is 5.98. The van der Waals surface area contributed by atoms with E-state index in [1.807, 2.05) is 31.2 Å². The number of ether oxygens (including phenoxy) is 1. The van der Waals surface area contributed by atoms with Gasteiger partial charge in [-0.3, -0.25) is 14.6 Å². The molecule has 7 heteroatoms. The third-order valence-electron chi connectivity index (χ3n) is 5.30. The largest absolute Gasteiger partial charge is 0.497 e. The van der Waals surface area contributed by atoms with Gasteiger partial charge >= 0.3 is 0 Å². The first kappa shape index (κ1) is 20.1. The molecule has 3 rings (SSSR count). The second-order valence-electron chi connectivity index (χ2n) is 7.33. The second kappa shape index (κ2) is 9.01. The number of nitrogens with two attached hydrogens (primary N) is 1. The van der Waals surface area contributed by atoms with Crippen LogP contribution in [0.3, 0.4) is 0 Å². The molecule has 28 heavy (non-hydrogen) atoms. The summed E-state index contributed by atoms with van der Waals surface area (Å²) in [5.74, 6) is 0.368. The molecule has 1 unspecified atom stereocenters. The third kappa shape index (κ3) is 4.78. The summed E-state index contributed by atoms with van der Waals surface area (Å²) in [7, 11) is 1.62. The van der Waals surface area contributed by atoms with Crippen LogP contribution in [0.2, 0.25) is 0 Å². The number of rotatable bonds is 7. The average molecular weight is 384 g/mol. The molecule has 150 valence electrons. The fourth-order valence-electron chi connectivity index (χ4n) is 3.69. The quantitative estimate of drug-likeness (QED) is 0.710. The SMILES string of the molecule is COc1ccc2cc(C(=O)NCCCN3CCCC(C(N)=O)C3)c(C)nc2c1. The fraction of sp³-hybridized carbons (Fsp3) is 0.476. The summed E-state index contributed by atoms with van der Waals surface area (Å²) in [6.45, 7) is 4.97. The number of likely N-dealkylation sites (tertiary alicyclic amines) is 1. The summed E-state index contributed by atoms with van der Waals surface area (Å²) in [4.78, 5) is 30.7. The van der Waals surface area contributed by atoms with Crippen LogP contribution in [-0.4, -0.2) is 55.0 Å². The maximum absolute atomic E-state index is 12.6. The minimum Gasteiger partial charge on any atom is -0.497 e. The first-order valence-corrected chi connectivity index (χ1v) is 9.73. The predicted octanol–water partition coefficient (Wildman–Crippen LogP) is 1.87. The van der Waals surface area contributed by atoms with Gasteiger partial charge in [-0.05, 0) is 57.5 Å². The Kier molecular flexibility index (Phi) is 6.46. The maximum atomic E-state index is 12.6. The van der Waals surface area contributed by atoms with Crippen LogP contribution >= 0.6 is 0 Å². The van der Waals surface area contributed by atoms with E-state index in [2.05, 4.69) is 15.2 Å². The van der Waals surface area contributed by atoms with Crippen LogP contribution in [0.1, 0.15) is 35.3 Å². The molecule has 1 aromatic heterocycles. The molecular weight excluding hydrogens is 356 g/mol. The van der Waals surface area contributed by atoms with E-state index in [4.69, 9.17) is 10.5 Å². The number of aromatic nitrogens is 1. The van der Waals surface area contributed by atoms with Gasteiger partial charge in [-0.1, -0.05) is 0 Å². The van der Waals surface area contributed by atoms with Crippen molar-refractivity contribution in [1.82, 2.24) is 15.2 Å². The number of hydrogen-bond acceptors (Lipinski definition) is 5. The van der Waals surface area contributed by atoms with Crippen LogP contribution in [0, 0.1) is 12.8 Å². The number of carbonyl (C=O) groups is 2. The molecule has 2 heterocycles.